The molecule has 27 heavy (non-hydrogen) atoms. The normalized spacial score (nSPS) is 18.2. The van der Waals surface area contributed by atoms with Gasteiger partial charge in [0.2, 0.25) is 5.88 Å². The lowest BCUT2D eigenvalue weighted by molar-refractivity contribution is 0.0694. The predicted molar refractivity (Wildman–Crippen MR) is 107 cm³/mol. The zero-order valence-corrected chi connectivity index (χ0v) is 16.5. The lowest BCUT2D eigenvalue weighted by atomic mass is 9.90. The lowest BCUT2D eigenvalue weighted by Crippen LogP contribution is -2.45. The van der Waals surface area contributed by atoms with E-state index in [1.165, 1.54) is 0 Å². The van der Waals surface area contributed by atoms with E-state index in [2.05, 4.69) is 42.5 Å². The van der Waals surface area contributed by atoms with Crippen LogP contribution in [-0.2, 0) is 6.54 Å². The van der Waals surface area contributed by atoms with Crippen LogP contribution >= 0.6 is 0 Å². The number of hydrogen-bond donors (Lipinski definition) is 2. The second-order valence-electron chi connectivity index (χ2n) is 7.20. The van der Waals surface area contributed by atoms with Crippen molar-refractivity contribution in [3.8, 4) is 11.6 Å². The Balaban J connectivity index is 1.79. The third-order valence-corrected chi connectivity index (χ3v) is 4.46. The molecule has 1 aliphatic heterocycles. The minimum Gasteiger partial charge on any atom is -0.487 e. The van der Waals surface area contributed by atoms with Crippen molar-refractivity contribution in [2.24, 2.45) is 4.99 Å². The largest absolute Gasteiger partial charge is 0.487 e. The van der Waals surface area contributed by atoms with Gasteiger partial charge in [-0.15, -0.1) is 0 Å². The molecule has 1 unspecified atom stereocenters. The summed E-state index contributed by atoms with van der Waals surface area (Å²) in [5.74, 6) is 2.31. The van der Waals surface area contributed by atoms with Gasteiger partial charge >= 0.3 is 0 Å². The van der Waals surface area contributed by atoms with Gasteiger partial charge in [-0.2, -0.15) is 0 Å². The Morgan fingerprint density at radius 3 is 2.93 bits per heavy atom. The number of rotatable bonds is 5. The highest BCUT2D eigenvalue weighted by Crippen LogP contribution is 2.39. The zero-order valence-electron chi connectivity index (χ0n) is 16.5. The highest BCUT2D eigenvalue weighted by Gasteiger charge is 2.33. The average molecular weight is 368 g/mol. The summed E-state index contributed by atoms with van der Waals surface area (Å²) in [5.41, 5.74) is 1.97. The molecule has 0 radical (unpaired) electrons. The summed E-state index contributed by atoms with van der Waals surface area (Å²) in [6.07, 6.45) is 2.60. The van der Waals surface area contributed by atoms with Gasteiger partial charge in [-0.25, -0.2) is 9.98 Å². The van der Waals surface area contributed by atoms with Crippen LogP contribution < -0.4 is 20.1 Å². The molecular weight excluding hydrogens is 340 g/mol. The number of para-hydroxylation sites is 1. The number of pyridine rings is 1. The molecule has 0 saturated carbocycles. The SMILES string of the molecule is CCNC(=NCc1ccnc(OC)c1)NC1CC(C)(C)Oc2ccccc21. The monoisotopic (exact) mass is 368 g/mol. The minimum atomic E-state index is -0.234. The number of nitrogens with one attached hydrogen (secondary N) is 2. The molecule has 0 bridgehead atoms. The van der Waals surface area contributed by atoms with Crippen LogP contribution in [0.3, 0.4) is 0 Å². The summed E-state index contributed by atoms with van der Waals surface area (Å²) in [4.78, 5) is 8.88. The van der Waals surface area contributed by atoms with Crippen LogP contribution in [0.1, 0.15) is 44.4 Å². The lowest BCUT2D eigenvalue weighted by Gasteiger charge is -2.38. The van der Waals surface area contributed by atoms with Gasteiger partial charge in [0.25, 0.3) is 0 Å². The molecule has 1 aromatic carbocycles. The van der Waals surface area contributed by atoms with Gasteiger partial charge in [0, 0.05) is 30.8 Å². The highest BCUT2D eigenvalue weighted by molar-refractivity contribution is 5.80. The summed E-state index contributed by atoms with van der Waals surface area (Å²) in [6.45, 7) is 7.63. The van der Waals surface area contributed by atoms with Crippen molar-refractivity contribution in [1.82, 2.24) is 15.6 Å². The smallest absolute Gasteiger partial charge is 0.213 e. The molecule has 6 heteroatoms. The summed E-state index contributed by atoms with van der Waals surface area (Å²) in [7, 11) is 1.62. The van der Waals surface area contributed by atoms with Crippen molar-refractivity contribution in [2.45, 2.75) is 45.4 Å². The number of aliphatic imine (C=N–C) groups is 1. The van der Waals surface area contributed by atoms with E-state index < -0.39 is 0 Å². The van der Waals surface area contributed by atoms with Gasteiger partial charge < -0.3 is 20.1 Å². The molecule has 2 aromatic rings. The van der Waals surface area contributed by atoms with E-state index in [-0.39, 0.29) is 11.6 Å². The topological polar surface area (TPSA) is 67.8 Å². The van der Waals surface area contributed by atoms with Crippen LogP contribution in [-0.4, -0.2) is 30.2 Å². The first-order valence-electron chi connectivity index (χ1n) is 9.32. The molecule has 3 rings (SSSR count). The third-order valence-electron chi connectivity index (χ3n) is 4.46. The molecule has 1 atom stereocenters. The van der Waals surface area contributed by atoms with E-state index in [1.54, 1.807) is 13.3 Å². The number of benzene rings is 1. The van der Waals surface area contributed by atoms with E-state index >= 15 is 0 Å². The molecule has 0 saturated heterocycles. The summed E-state index contributed by atoms with van der Waals surface area (Å²) < 4.78 is 11.3. The number of ether oxygens (including phenoxy) is 2. The molecule has 144 valence electrons. The Bertz CT molecular complexity index is 804. The Morgan fingerprint density at radius 1 is 1.33 bits per heavy atom. The minimum absolute atomic E-state index is 0.134. The first kappa shape index (κ1) is 19.0. The predicted octanol–water partition coefficient (Wildman–Crippen LogP) is 3.45. The molecule has 0 spiro atoms. The van der Waals surface area contributed by atoms with E-state index in [0.717, 1.165) is 35.8 Å². The van der Waals surface area contributed by atoms with Gasteiger partial charge in [0.1, 0.15) is 11.4 Å². The maximum Gasteiger partial charge on any atom is 0.213 e. The zero-order chi connectivity index (χ0) is 19.3. The number of methoxy groups -OCH3 is 1. The fraction of sp³-hybridized carbons (Fsp3) is 0.429. The van der Waals surface area contributed by atoms with Gasteiger partial charge in [0.05, 0.1) is 19.7 Å². The summed E-state index contributed by atoms with van der Waals surface area (Å²) in [5, 5.41) is 6.92. The third kappa shape index (κ3) is 4.90. The second-order valence-corrected chi connectivity index (χ2v) is 7.20. The van der Waals surface area contributed by atoms with Crippen LogP contribution in [0.25, 0.3) is 0 Å². The van der Waals surface area contributed by atoms with E-state index in [9.17, 15) is 0 Å². The Morgan fingerprint density at radius 2 is 2.15 bits per heavy atom. The van der Waals surface area contributed by atoms with Crippen molar-refractivity contribution in [2.75, 3.05) is 13.7 Å². The number of nitrogens with zero attached hydrogens (tertiary/aromatic N) is 2. The highest BCUT2D eigenvalue weighted by atomic mass is 16.5. The fourth-order valence-electron chi connectivity index (χ4n) is 3.25. The van der Waals surface area contributed by atoms with Gasteiger partial charge in [0.15, 0.2) is 5.96 Å². The molecule has 2 N–H and O–H groups in total. The molecule has 1 aliphatic rings. The van der Waals surface area contributed by atoms with Gasteiger partial charge in [-0.1, -0.05) is 18.2 Å². The maximum absolute atomic E-state index is 6.12. The molecule has 0 amide bonds. The first-order chi connectivity index (χ1) is 13.0. The molecular formula is C21H28N4O2. The van der Waals surface area contributed by atoms with E-state index in [4.69, 9.17) is 14.5 Å². The molecule has 6 nitrogen and oxygen atoms in total. The molecule has 0 aliphatic carbocycles. The summed E-state index contributed by atoms with van der Waals surface area (Å²) >= 11 is 0. The van der Waals surface area contributed by atoms with Crippen molar-refractivity contribution in [3.05, 3.63) is 53.7 Å². The molecule has 0 fully saturated rings. The van der Waals surface area contributed by atoms with Crippen LogP contribution in [0.15, 0.2) is 47.6 Å². The van der Waals surface area contributed by atoms with Crippen LogP contribution in [0.5, 0.6) is 11.6 Å². The molecule has 1 aromatic heterocycles. The van der Waals surface area contributed by atoms with Crippen molar-refractivity contribution in [1.29, 1.82) is 0 Å². The Kier molecular flexibility index (Phi) is 5.84. The van der Waals surface area contributed by atoms with Crippen LogP contribution in [0.4, 0.5) is 0 Å². The van der Waals surface area contributed by atoms with Crippen molar-refractivity contribution in [3.63, 3.8) is 0 Å². The Hall–Kier alpha value is -2.76. The average Bonchev–Trinajstić information content (AvgIpc) is 2.65. The second kappa shape index (κ2) is 8.29. The van der Waals surface area contributed by atoms with Gasteiger partial charge in [-0.3, -0.25) is 0 Å². The number of aromatic nitrogens is 1. The first-order valence-corrected chi connectivity index (χ1v) is 9.32. The van der Waals surface area contributed by atoms with E-state index in [0.29, 0.717) is 12.4 Å². The number of fused-ring (bicyclic) bond motifs is 1. The summed E-state index contributed by atoms with van der Waals surface area (Å²) in [6, 6.07) is 12.2. The standard InChI is InChI=1S/C21H28N4O2/c1-5-22-20(24-14-15-10-11-23-19(12-15)26-4)25-17-13-21(2,3)27-18-9-7-6-8-16(17)18/h6-12,17H,5,13-14H2,1-4H3,(H2,22,24,25). The van der Waals surface area contributed by atoms with E-state index in [1.807, 2.05) is 30.3 Å². The fourth-order valence-corrected chi connectivity index (χ4v) is 3.25. The Labute approximate surface area is 161 Å². The van der Waals surface area contributed by atoms with Crippen LogP contribution in [0, 0.1) is 0 Å². The molecule has 2 heterocycles. The van der Waals surface area contributed by atoms with Crippen molar-refractivity contribution >= 4 is 5.96 Å². The van der Waals surface area contributed by atoms with Crippen molar-refractivity contribution < 1.29 is 9.47 Å². The van der Waals surface area contributed by atoms with Gasteiger partial charge in [-0.05, 0) is 38.5 Å². The van der Waals surface area contributed by atoms with Crippen LogP contribution in [0.2, 0.25) is 0 Å². The number of hydrogen-bond acceptors (Lipinski definition) is 4. The number of guanidine groups is 1. The maximum atomic E-state index is 6.12. The quantitative estimate of drug-likeness (QED) is 0.625.